The van der Waals surface area contributed by atoms with Crippen LogP contribution < -0.4 is 21.0 Å². The molecular weight excluding hydrogens is 488 g/mol. The van der Waals surface area contributed by atoms with Crippen LogP contribution >= 0.6 is 0 Å². The van der Waals surface area contributed by atoms with Crippen molar-refractivity contribution in [3.05, 3.63) is 29.8 Å². The third-order valence-electron chi connectivity index (χ3n) is 7.17. The molecule has 1 atom stereocenters. The normalized spacial score (nSPS) is 22.1. The molecule has 3 saturated heterocycles. The van der Waals surface area contributed by atoms with E-state index in [1.165, 1.54) is 0 Å². The highest BCUT2D eigenvalue weighted by Gasteiger charge is 2.29. The first-order valence-electron chi connectivity index (χ1n) is 13.5. The smallest absolute Gasteiger partial charge is 0.422 e. The average Bonchev–Trinajstić information content (AvgIpc) is 2.86. The van der Waals surface area contributed by atoms with E-state index in [1.807, 2.05) is 44.0 Å². The molecule has 1 aromatic carbocycles. The second-order valence-corrected chi connectivity index (χ2v) is 11.4. The Morgan fingerprint density at radius 2 is 1.74 bits per heavy atom. The Labute approximate surface area is 224 Å². The van der Waals surface area contributed by atoms with Gasteiger partial charge in [-0.3, -0.25) is 30.0 Å². The van der Waals surface area contributed by atoms with Gasteiger partial charge in [-0.1, -0.05) is 6.07 Å². The van der Waals surface area contributed by atoms with Gasteiger partial charge in [-0.05, 0) is 64.2 Å². The summed E-state index contributed by atoms with van der Waals surface area (Å²) in [7, 11) is 0. The number of piperidine rings is 2. The van der Waals surface area contributed by atoms with Crippen molar-refractivity contribution in [1.82, 2.24) is 26.0 Å². The number of benzene rings is 1. The fourth-order valence-corrected chi connectivity index (χ4v) is 5.13. The first-order valence-corrected chi connectivity index (χ1v) is 13.5. The monoisotopic (exact) mass is 528 g/mol. The Balaban J connectivity index is 1.20. The Morgan fingerprint density at radius 1 is 1.03 bits per heavy atom. The Bertz CT molecular complexity index is 1030. The predicted octanol–water partition coefficient (Wildman–Crippen LogP) is 1.50. The topological polar surface area (TPSA) is 123 Å². The van der Waals surface area contributed by atoms with Crippen molar-refractivity contribution in [1.29, 1.82) is 0 Å². The quantitative estimate of drug-likeness (QED) is 0.475. The minimum atomic E-state index is -0.688. The summed E-state index contributed by atoms with van der Waals surface area (Å²) in [5.41, 5.74) is 3.84. The van der Waals surface area contributed by atoms with Gasteiger partial charge in [0.1, 0.15) is 11.6 Å². The number of amides is 4. The molecule has 3 aliphatic rings. The number of piperazine rings is 1. The zero-order chi connectivity index (χ0) is 27.3. The number of hydrazine groups is 1. The maximum Gasteiger partial charge on any atom is 0.422 e. The van der Waals surface area contributed by atoms with Crippen LogP contribution in [0.3, 0.4) is 0 Å². The first kappa shape index (κ1) is 27.8. The van der Waals surface area contributed by atoms with Gasteiger partial charge < -0.3 is 15.0 Å². The molecule has 11 nitrogen and oxygen atoms in total. The Kier molecular flexibility index (Phi) is 8.88. The zero-order valence-electron chi connectivity index (χ0n) is 22.6. The summed E-state index contributed by atoms with van der Waals surface area (Å²) in [6.45, 7) is 11.9. The van der Waals surface area contributed by atoms with E-state index in [0.29, 0.717) is 17.9 Å². The maximum atomic E-state index is 12.8. The molecule has 3 heterocycles. The SMILES string of the molecule is CC(C)(C)OC(=O)NN1CCC(CN2CCN(c3cccc(C(=O)NC4CCC(=O)NC4=O)c3)CC2)CC1. The number of carbonyl (C=O) groups is 4. The molecule has 4 rings (SSSR count). The van der Waals surface area contributed by atoms with E-state index in [-0.39, 0.29) is 18.2 Å². The molecule has 3 fully saturated rings. The lowest BCUT2D eigenvalue weighted by atomic mass is 9.97. The van der Waals surface area contributed by atoms with E-state index in [1.54, 1.807) is 6.07 Å². The molecule has 4 amide bonds. The summed E-state index contributed by atoms with van der Waals surface area (Å²) in [6.07, 6.45) is 2.20. The van der Waals surface area contributed by atoms with Crippen LogP contribution in [-0.2, 0) is 14.3 Å². The highest BCUT2D eigenvalue weighted by molar-refractivity contribution is 6.04. The van der Waals surface area contributed by atoms with Crippen LogP contribution in [0.2, 0.25) is 0 Å². The summed E-state index contributed by atoms with van der Waals surface area (Å²) in [5, 5.41) is 6.97. The lowest BCUT2D eigenvalue weighted by Crippen LogP contribution is -2.52. The van der Waals surface area contributed by atoms with E-state index < -0.39 is 23.6 Å². The summed E-state index contributed by atoms with van der Waals surface area (Å²) in [4.78, 5) is 52.9. The second-order valence-electron chi connectivity index (χ2n) is 11.4. The fourth-order valence-electron chi connectivity index (χ4n) is 5.13. The number of carbonyl (C=O) groups excluding carboxylic acids is 4. The van der Waals surface area contributed by atoms with Crippen molar-refractivity contribution >= 4 is 29.5 Å². The van der Waals surface area contributed by atoms with Crippen LogP contribution in [-0.4, -0.2) is 91.2 Å². The molecular formula is C27H40N6O5. The van der Waals surface area contributed by atoms with E-state index >= 15 is 0 Å². The number of anilines is 1. The standard InChI is InChI=1S/C27H40N6O5/c1-27(2,3)38-26(37)30-33-11-9-19(10-12-33)18-31-13-15-32(16-14-31)21-6-4-5-20(17-21)24(35)28-22-7-8-23(34)29-25(22)36/h4-6,17,19,22H,7-16,18H2,1-3H3,(H,28,35)(H,30,37)(H,29,34,36). The summed E-state index contributed by atoms with van der Waals surface area (Å²) >= 11 is 0. The number of hydrogen-bond acceptors (Lipinski definition) is 8. The molecule has 0 spiro atoms. The van der Waals surface area contributed by atoms with Gasteiger partial charge in [-0.2, -0.15) is 0 Å². The third-order valence-corrected chi connectivity index (χ3v) is 7.17. The second kappa shape index (κ2) is 12.1. The van der Waals surface area contributed by atoms with Gasteiger partial charge in [-0.25, -0.2) is 9.80 Å². The van der Waals surface area contributed by atoms with Crippen LogP contribution in [0, 0.1) is 5.92 Å². The molecule has 1 aromatic rings. The molecule has 3 aliphatic heterocycles. The largest absolute Gasteiger partial charge is 0.443 e. The first-order chi connectivity index (χ1) is 18.1. The molecule has 0 saturated carbocycles. The molecule has 0 aromatic heterocycles. The van der Waals surface area contributed by atoms with Crippen molar-refractivity contribution in [2.45, 2.75) is 58.1 Å². The van der Waals surface area contributed by atoms with Crippen molar-refractivity contribution < 1.29 is 23.9 Å². The van der Waals surface area contributed by atoms with Crippen LogP contribution in [0.25, 0.3) is 0 Å². The van der Waals surface area contributed by atoms with Gasteiger partial charge in [0.25, 0.3) is 5.91 Å². The molecule has 0 radical (unpaired) electrons. The summed E-state index contributed by atoms with van der Waals surface area (Å²) in [5.74, 6) is -0.473. The van der Waals surface area contributed by atoms with Crippen molar-refractivity contribution in [2.75, 3.05) is 50.7 Å². The maximum absolute atomic E-state index is 12.8. The molecule has 3 N–H and O–H groups in total. The minimum absolute atomic E-state index is 0.225. The van der Waals surface area contributed by atoms with Gasteiger partial charge in [0.2, 0.25) is 11.8 Å². The predicted molar refractivity (Wildman–Crippen MR) is 142 cm³/mol. The molecule has 1 unspecified atom stereocenters. The lowest BCUT2D eigenvalue weighted by Gasteiger charge is -2.39. The Morgan fingerprint density at radius 3 is 2.39 bits per heavy atom. The van der Waals surface area contributed by atoms with E-state index in [0.717, 1.165) is 64.3 Å². The molecule has 0 aliphatic carbocycles. The van der Waals surface area contributed by atoms with Crippen LogP contribution in [0.15, 0.2) is 24.3 Å². The van der Waals surface area contributed by atoms with Gasteiger partial charge in [-0.15, -0.1) is 0 Å². The highest BCUT2D eigenvalue weighted by atomic mass is 16.6. The Hall–Kier alpha value is -3.18. The minimum Gasteiger partial charge on any atom is -0.443 e. The van der Waals surface area contributed by atoms with Crippen LogP contribution in [0.4, 0.5) is 10.5 Å². The number of nitrogens with zero attached hydrogens (tertiary/aromatic N) is 3. The molecule has 38 heavy (non-hydrogen) atoms. The van der Waals surface area contributed by atoms with Gasteiger partial charge in [0.15, 0.2) is 0 Å². The molecule has 11 heteroatoms. The van der Waals surface area contributed by atoms with Crippen molar-refractivity contribution in [3.63, 3.8) is 0 Å². The van der Waals surface area contributed by atoms with Gasteiger partial charge in [0, 0.05) is 63.5 Å². The van der Waals surface area contributed by atoms with Gasteiger partial charge >= 0.3 is 6.09 Å². The average molecular weight is 529 g/mol. The number of imide groups is 1. The van der Waals surface area contributed by atoms with Crippen molar-refractivity contribution in [3.8, 4) is 0 Å². The van der Waals surface area contributed by atoms with Crippen molar-refractivity contribution in [2.24, 2.45) is 5.92 Å². The number of nitrogens with one attached hydrogen (secondary N) is 3. The van der Waals surface area contributed by atoms with Gasteiger partial charge in [0.05, 0.1) is 0 Å². The summed E-state index contributed by atoms with van der Waals surface area (Å²) < 4.78 is 5.34. The van der Waals surface area contributed by atoms with Crippen LogP contribution in [0.5, 0.6) is 0 Å². The number of ether oxygens (including phenoxy) is 1. The van der Waals surface area contributed by atoms with E-state index in [2.05, 4.69) is 25.9 Å². The third kappa shape index (κ3) is 7.91. The number of rotatable bonds is 6. The van der Waals surface area contributed by atoms with Crippen LogP contribution in [0.1, 0.15) is 56.8 Å². The fraction of sp³-hybridized carbons (Fsp3) is 0.630. The molecule has 0 bridgehead atoms. The lowest BCUT2D eigenvalue weighted by molar-refractivity contribution is -0.134. The zero-order valence-corrected chi connectivity index (χ0v) is 22.6. The molecule has 208 valence electrons. The number of hydrogen-bond donors (Lipinski definition) is 3. The van der Waals surface area contributed by atoms with E-state index in [9.17, 15) is 19.2 Å². The summed E-state index contributed by atoms with van der Waals surface area (Å²) in [6, 6.07) is 6.79. The highest BCUT2D eigenvalue weighted by Crippen LogP contribution is 2.22. The van der Waals surface area contributed by atoms with E-state index in [4.69, 9.17) is 4.74 Å².